The van der Waals surface area contributed by atoms with E-state index < -0.39 is 5.97 Å². The van der Waals surface area contributed by atoms with Gasteiger partial charge in [-0.2, -0.15) is 5.26 Å². The number of benzene rings is 1. The van der Waals surface area contributed by atoms with Gasteiger partial charge in [0.2, 0.25) is 0 Å². The van der Waals surface area contributed by atoms with Gasteiger partial charge in [0.05, 0.1) is 18.7 Å². The Hall–Kier alpha value is -2.72. The Labute approximate surface area is 118 Å². The number of nitriles is 1. The first kappa shape index (κ1) is 13.7. The molecule has 2 rings (SSSR count). The van der Waals surface area contributed by atoms with Gasteiger partial charge in [-0.15, -0.1) is 11.3 Å². The summed E-state index contributed by atoms with van der Waals surface area (Å²) >= 11 is 1.13. The van der Waals surface area contributed by atoms with Crippen LogP contribution in [0.5, 0.6) is 0 Å². The molecule has 0 unspecified atom stereocenters. The quantitative estimate of drug-likeness (QED) is 0.872. The summed E-state index contributed by atoms with van der Waals surface area (Å²) in [6.07, 6.45) is 0. The molecule has 0 atom stereocenters. The van der Waals surface area contributed by atoms with Crippen LogP contribution in [0.4, 0.5) is 5.13 Å². The molecule has 0 spiro atoms. The zero-order valence-corrected chi connectivity index (χ0v) is 11.2. The Bertz CT molecular complexity index is 686. The maximum absolute atomic E-state index is 11.9. The molecule has 1 amide bonds. The fourth-order valence-corrected chi connectivity index (χ4v) is 2.07. The van der Waals surface area contributed by atoms with Crippen molar-refractivity contribution in [3.8, 4) is 6.07 Å². The molecule has 7 heteroatoms. The lowest BCUT2D eigenvalue weighted by Crippen LogP contribution is -2.12. The molecule has 2 aromatic rings. The Morgan fingerprint density at radius 3 is 2.65 bits per heavy atom. The molecule has 0 saturated carbocycles. The molecular formula is C13H9N3O3S. The molecule has 0 fully saturated rings. The van der Waals surface area contributed by atoms with Gasteiger partial charge in [-0.25, -0.2) is 9.78 Å². The topological polar surface area (TPSA) is 92.1 Å². The standard InChI is InChI=1S/C13H9N3O3S/c1-19-12(18)10-7-20-13(15-10)16-11(17)9-4-2-8(6-14)3-5-9/h2-5,7H,1H3,(H,15,16,17). The summed E-state index contributed by atoms with van der Waals surface area (Å²) in [6.45, 7) is 0. The monoisotopic (exact) mass is 287 g/mol. The third kappa shape index (κ3) is 2.99. The second kappa shape index (κ2) is 5.95. The zero-order valence-electron chi connectivity index (χ0n) is 10.4. The van der Waals surface area contributed by atoms with E-state index in [9.17, 15) is 9.59 Å². The van der Waals surface area contributed by atoms with E-state index in [-0.39, 0.29) is 11.6 Å². The number of carbonyl (C=O) groups is 2. The highest BCUT2D eigenvalue weighted by Gasteiger charge is 2.13. The maximum Gasteiger partial charge on any atom is 0.357 e. The SMILES string of the molecule is COC(=O)c1csc(NC(=O)c2ccc(C#N)cc2)n1. The summed E-state index contributed by atoms with van der Waals surface area (Å²) in [4.78, 5) is 27.1. The number of methoxy groups -OCH3 is 1. The van der Waals surface area contributed by atoms with Crippen LogP contribution in [0.1, 0.15) is 26.4 Å². The molecular weight excluding hydrogens is 278 g/mol. The first-order valence-corrected chi connectivity index (χ1v) is 6.37. The smallest absolute Gasteiger partial charge is 0.357 e. The number of ether oxygens (including phenoxy) is 1. The van der Waals surface area contributed by atoms with Crippen molar-refractivity contribution in [1.29, 1.82) is 5.26 Å². The van der Waals surface area contributed by atoms with Crippen LogP contribution < -0.4 is 5.32 Å². The van der Waals surface area contributed by atoms with Gasteiger partial charge in [0.25, 0.3) is 5.91 Å². The largest absolute Gasteiger partial charge is 0.464 e. The molecule has 0 saturated heterocycles. The summed E-state index contributed by atoms with van der Waals surface area (Å²) in [5.74, 6) is -0.916. The first-order valence-electron chi connectivity index (χ1n) is 5.49. The zero-order chi connectivity index (χ0) is 14.5. The van der Waals surface area contributed by atoms with E-state index in [1.165, 1.54) is 12.5 Å². The lowest BCUT2D eigenvalue weighted by molar-refractivity contribution is 0.0595. The van der Waals surface area contributed by atoms with Crippen molar-refractivity contribution in [3.63, 3.8) is 0 Å². The number of hydrogen-bond donors (Lipinski definition) is 1. The van der Waals surface area contributed by atoms with Gasteiger partial charge in [0, 0.05) is 10.9 Å². The summed E-state index contributed by atoms with van der Waals surface area (Å²) in [6, 6.07) is 8.16. The molecule has 100 valence electrons. The highest BCUT2D eigenvalue weighted by Crippen LogP contribution is 2.17. The number of esters is 1. The highest BCUT2D eigenvalue weighted by molar-refractivity contribution is 7.14. The molecule has 0 aliphatic heterocycles. The maximum atomic E-state index is 11.9. The highest BCUT2D eigenvalue weighted by atomic mass is 32.1. The summed E-state index contributed by atoms with van der Waals surface area (Å²) < 4.78 is 4.53. The van der Waals surface area contributed by atoms with Crippen LogP contribution in [0, 0.1) is 11.3 Å². The van der Waals surface area contributed by atoms with Gasteiger partial charge in [-0.3, -0.25) is 10.1 Å². The number of nitrogens with zero attached hydrogens (tertiary/aromatic N) is 2. The molecule has 1 aromatic carbocycles. The molecule has 0 radical (unpaired) electrons. The third-order valence-corrected chi connectivity index (χ3v) is 3.15. The number of thiazole rings is 1. The number of carbonyl (C=O) groups excluding carboxylic acids is 2. The second-order valence-corrected chi connectivity index (χ2v) is 4.53. The molecule has 1 aromatic heterocycles. The number of rotatable bonds is 3. The van der Waals surface area contributed by atoms with Crippen LogP contribution in [-0.2, 0) is 4.74 Å². The van der Waals surface area contributed by atoms with Gasteiger partial charge < -0.3 is 4.74 Å². The van der Waals surface area contributed by atoms with Crippen LogP contribution in [0.2, 0.25) is 0 Å². The number of hydrogen-bond acceptors (Lipinski definition) is 6. The molecule has 0 aliphatic rings. The number of amides is 1. The average molecular weight is 287 g/mol. The van der Waals surface area contributed by atoms with Crippen molar-refractivity contribution in [2.75, 3.05) is 12.4 Å². The summed E-state index contributed by atoms with van der Waals surface area (Å²) in [7, 11) is 1.26. The predicted molar refractivity (Wildman–Crippen MR) is 72.6 cm³/mol. The van der Waals surface area contributed by atoms with Gasteiger partial charge >= 0.3 is 5.97 Å². The van der Waals surface area contributed by atoms with Crippen molar-refractivity contribution in [2.24, 2.45) is 0 Å². The Balaban J connectivity index is 2.09. The van der Waals surface area contributed by atoms with Crippen LogP contribution in [-0.4, -0.2) is 24.0 Å². The van der Waals surface area contributed by atoms with Crippen molar-refractivity contribution in [1.82, 2.24) is 4.98 Å². The van der Waals surface area contributed by atoms with E-state index in [0.717, 1.165) is 11.3 Å². The van der Waals surface area contributed by atoms with E-state index >= 15 is 0 Å². The van der Waals surface area contributed by atoms with E-state index in [1.54, 1.807) is 24.3 Å². The third-order valence-electron chi connectivity index (χ3n) is 2.40. The number of aromatic nitrogens is 1. The molecule has 0 aliphatic carbocycles. The minimum atomic E-state index is -0.555. The van der Waals surface area contributed by atoms with Gasteiger partial charge in [-0.1, -0.05) is 0 Å². The van der Waals surface area contributed by atoms with E-state index in [1.807, 2.05) is 6.07 Å². The van der Waals surface area contributed by atoms with E-state index in [2.05, 4.69) is 15.0 Å². The van der Waals surface area contributed by atoms with Gasteiger partial charge in [-0.05, 0) is 24.3 Å². The molecule has 6 nitrogen and oxygen atoms in total. The van der Waals surface area contributed by atoms with Crippen molar-refractivity contribution >= 4 is 28.3 Å². The summed E-state index contributed by atoms with van der Waals surface area (Å²) in [5, 5.41) is 13.1. The van der Waals surface area contributed by atoms with Crippen molar-refractivity contribution in [3.05, 3.63) is 46.5 Å². The normalized spacial score (nSPS) is 9.60. The van der Waals surface area contributed by atoms with Crippen molar-refractivity contribution < 1.29 is 14.3 Å². The number of nitrogens with one attached hydrogen (secondary N) is 1. The Morgan fingerprint density at radius 2 is 2.05 bits per heavy atom. The predicted octanol–water partition coefficient (Wildman–Crippen LogP) is 2.05. The minimum absolute atomic E-state index is 0.146. The van der Waals surface area contributed by atoms with Crippen molar-refractivity contribution in [2.45, 2.75) is 0 Å². The fourth-order valence-electron chi connectivity index (χ4n) is 1.39. The van der Waals surface area contributed by atoms with Crippen LogP contribution in [0.3, 0.4) is 0 Å². The number of anilines is 1. The Morgan fingerprint density at radius 1 is 1.35 bits per heavy atom. The summed E-state index contributed by atoms with van der Waals surface area (Å²) in [5.41, 5.74) is 1.02. The average Bonchev–Trinajstić information content (AvgIpc) is 2.95. The minimum Gasteiger partial charge on any atom is -0.464 e. The molecule has 1 heterocycles. The van der Waals surface area contributed by atoms with E-state index in [0.29, 0.717) is 16.3 Å². The van der Waals surface area contributed by atoms with Gasteiger partial charge in [0.15, 0.2) is 10.8 Å². The van der Waals surface area contributed by atoms with Crippen LogP contribution in [0.25, 0.3) is 0 Å². The molecule has 20 heavy (non-hydrogen) atoms. The fraction of sp³-hybridized carbons (Fsp3) is 0.0769. The second-order valence-electron chi connectivity index (χ2n) is 3.67. The lowest BCUT2D eigenvalue weighted by Gasteiger charge is -2.01. The van der Waals surface area contributed by atoms with Gasteiger partial charge in [0.1, 0.15) is 0 Å². The molecule has 1 N–H and O–H groups in total. The van der Waals surface area contributed by atoms with Crippen LogP contribution >= 0.6 is 11.3 Å². The first-order chi connectivity index (χ1) is 9.63. The van der Waals surface area contributed by atoms with E-state index in [4.69, 9.17) is 5.26 Å². The van der Waals surface area contributed by atoms with Crippen LogP contribution in [0.15, 0.2) is 29.6 Å². The lowest BCUT2D eigenvalue weighted by atomic mass is 10.1. The molecule has 0 bridgehead atoms. The Kier molecular flexibility index (Phi) is 4.08.